The number of thiophene rings is 1. The van der Waals surface area contributed by atoms with Crippen LogP contribution in [-0.2, 0) is 0 Å². The lowest BCUT2D eigenvalue weighted by Gasteiger charge is -2.13. The minimum Gasteiger partial charge on any atom is -0.309 e. The van der Waals surface area contributed by atoms with E-state index in [0.29, 0.717) is 11.1 Å². The van der Waals surface area contributed by atoms with Crippen LogP contribution < -0.4 is 0 Å². The van der Waals surface area contributed by atoms with Crippen molar-refractivity contribution in [3.05, 3.63) is 151 Å². The van der Waals surface area contributed by atoms with E-state index in [1.165, 1.54) is 25.6 Å². The maximum atomic E-state index is 10.2. The summed E-state index contributed by atoms with van der Waals surface area (Å²) in [5.41, 5.74) is 9.03. The smallest absolute Gasteiger partial charge is 0.145 e. The van der Waals surface area contributed by atoms with Gasteiger partial charge >= 0.3 is 0 Å². The molecule has 0 bridgehead atoms. The van der Waals surface area contributed by atoms with Crippen molar-refractivity contribution in [1.82, 2.24) is 14.1 Å². The zero-order valence-corrected chi connectivity index (χ0v) is 26.7. The van der Waals surface area contributed by atoms with Crippen LogP contribution in [0, 0.1) is 22.7 Å². The molecule has 49 heavy (non-hydrogen) atoms. The molecule has 4 heterocycles. The summed E-state index contributed by atoms with van der Waals surface area (Å²) in [7, 11) is 0. The molecule has 0 spiro atoms. The third-order valence-electron chi connectivity index (χ3n) is 9.57. The summed E-state index contributed by atoms with van der Waals surface area (Å²) in [5.74, 6) is 0. The molecule has 0 unspecified atom stereocenters. The van der Waals surface area contributed by atoms with Gasteiger partial charge in [-0.3, -0.25) is 4.57 Å². The SMILES string of the molecule is N#Cc1cc(-c2cccc(-n3c4ccc5sc6ccccc6c5c4c4cccnc43)c2)cc(-n2c3ccccc3c3cc(C#N)ccc32)c1. The van der Waals surface area contributed by atoms with Crippen molar-refractivity contribution in [2.45, 2.75) is 0 Å². The Balaban J connectivity index is 1.20. The predicted molar refractivity (Wildman–Crippen MR) is 201 cm³/mol. The van der Waals surface area contributed by atoms with Gasteiger partial charge in [0.1, 0.15) is 5.65 Å². The Kier molecular flexibility index (Phi) is 5.81. The van der Waals surface area contributed by atoms with Crippen LogP contribution in [0.4, 0.5) is 0 Å². The third kappa shape index (κ3) is 3.99. The molecule has 226 valence electrons. The Bertz CT molecular complexity index is 3090. The molecule has 0 atom stereocenters. The Morgan fingerprint density at radius 2 is 1.27 bits per heavy atom. The van der Waals surface area contributed by atoms with E-state index >= 15 is 0 Å². The van der Waals surface area contributed by atoms with Gasteiger partial charge in [0, 0.05) is 59.3 Å². The molecule has 10 rings (SSSR count). The van der Waals surface area contributed by atoms with E-state index in [-0.39, 0.29) is 0 Å². The first-order chi connectivity index (χ1) is 24.2. The quantitative estimate of drug-likeness (QED) is 0.193. The van der Waals surface area contributed by atoms with Crippen molar-refractivity contribution >= 4 is 75.3 Å². The maximum absolute atomic E-state index is 10.2. The lowest BCUT2D eigenvalue weighted by Crippen LogP contribution is -1.97. The molecule has 0 saturated carbocycles. The van der Waals surface area contributed by atoms with Gasteiger partial charge in [-0.15, -0.1) is 11.3 Å². The highest BCUT2D eigenvalue weighted by Gasteiger charge is 2.19. The monoisotopic (exact) mass is 641 g/mol. The van der Waals surface area contributed by atoms with E-state index in [0.717, 1.165) is 60.9 Å². The van der Waals surface area contributed by atoms with Crippen LogP contribution in [0.3, 0.4) is 0 Å². The Morgan fingerprint density at radius 1 is 0.490 bits per heavy atom. The lowest BCUT2D eigenvalue weighted by molar-refractivity contribution is 1.14. The van der Waals surface area contributed by atoms with Gasteiger partial charge in [-0.05, 0) is 96.1 Å². The summed E-state index contributed by atoms with van der Waals surface area (Å²) in [6.07, 6.45) is 1.86. The summed E-state index contributed by atoms with van der Waals surface area (Å²) < 4.78 is 6.99. The second-order valence-corrected chi connectivity index (χ2v) is 13.4. The molecule has 4 aromatic heterocycles. The number of pyridine rings is 1. The molecule has 0 amide bonds. The van der Waals surface area contributed by atoms with E-state index in [1.54, 1.807) is 0 Å². The van der Waals surface area contributed by atoms with Crippen LogP contribution in [0.5, 0.6) is 0 Å². The number of benzene rings is 6. The van der Waals surface area contributed by atoms with E-state index in [2.05, 4.69) is 106 Å². The van der Waals surface area contributed by atoms with Gasteiger partial charge in [0.15, 0.2) is 0 Å². The van der Waals surface area contributed by atoms with Gasteiger partial charge in [-0.1, -0.05) is 48.5 Å². The maximum Gasteiger partial charge on any atom is 0.145 e. The number of fused-ring (bicyclic) bond motifs is 10. The van der Waals surface area contributed by atoms with Crippen LogP contribution in [0.15, 0.2) is 140 Å². The fourth-order valence-corrected chi connectivity index (χ4v) is 8.64. The second-order valence-electron chi connectivity index (χ2n) is 12.3. The van der Waals surface area contributed by atoms with Crippen molar-refractivity contribution in [2.24, 2.45) is 0 Å². The minimum absolute atomic E-state index is 0.572. The summed E-state index contributed by atoms with van der Waals surface area (Å²) in [6.45, 7) is 0. The van der Waals surface area contributed by atoms with Gasteiger partial charge in [0.05, 0.1) is 39.8 Å². The van der Waals surface area contributed by atoms with Crippen molar-refractivity contribution < 1.29 is 0 Å². The van der Waals surface area contributed by atoms with Crippen LogP contribution in [0.2, 0.25) is 0 Å². The first-order valence-corrected chi connectivity index (χ1v) is 16.8. The molecular formula is C43H23N5S. The molecule has 10 aromatic rings. The highest BCUT2D eigenvalue weighted by molar-refractivity contribution is 7.26. The largest absolute Gasteiger partial charge is 0.309 e. The number of hydrogen-bond acceptors (Lipinski definition) is 4. The summed E-state index contributed by atoms with van der Waals surface area (Å²) >= 11 is 1.82. The molecule has 6 aromatic carbocycles. The van der Waals surface area contributed by atoms with Gasteiger partial charge in [-0.25, -0.2) is 4.98 Å². The fraction of sp³-hybridized carbons (Fsp3) is 0. The number of aromatic nitrogens is 3. The Morgan fingerprint density at radius 3 is 2.16 bits per heavy atom. The molecule has 0 N–H and O–H groups in total. The number of hydrogen-bond donors (Lipinski definition) is 0. The van der Waals surface area contributed by atoms with Gasteiger partial charge in [-0.2, -0.15) is 10.5 Å². The normalized spacial score (nSPS) is 11.6. The van der Waals surface area contributed by atoms with E-state index in [9.17, 15) is 10.5 Å². The molecule has 6 heteroatoms. The Labute approximate surface area is 284 Å². The second kappa shape index (κ2) is 10.4. The molecule has 0 aliphatic rings. The summed E-state index contributed by atoms with van der Waals surface area (Å²) in [5, 5.41) is 26.8. The lowest BCUT2D eigenvalue weighted by atomic mass is 10.0. The van der Waals surface area contributed by atoms with E-state index in [1.807, 2.05) is 66.1 Å². The number of rotatable bonds is 3. The number of nitriles is 2. The van der Waals surface area contributed by atoms with Crippen molar-refractivity contribution in [1.29, 1.82) is 10.5 Å². The zero-order valence-electron chi connectivity index (χ0n) is 25.9. The van der Waals surface area contributed by atoms with Gasteiger partial charge < -0.3 is 4.57 Å². The van der Waals surface area contributed by atoms with E-state index < -0.39 is 0 Å². The molecule has 0 radical (unpaired) electrons. The molecule has 0 fully saturated rings. The standard InChI is InChI=1S/C43H23N5S/c44-24-26-14-15-37-35(21-26)32-9-1-3-12-36(32)47(37)31-20-27(25-45)19-29(23-31)28-7-5-8-30(22-28)48-38-16-17-40-42(33-10-2-4-13-39(33)49-40)41(38)34-11-6-18-46-43(34)48/h1-23H. The number of nitrogens with zero attached hydrogens (tertiary/aromatic N) is 5. The molecule has 5 nitrogen and oxygen atoms in total. The highest BCUT2D eigenvalue weighted by Crippen LogP contribution is 2.43. The van der Waals surface area contributed by atoms with E-state index in [4.69, 9.17) is 4.98 Å². The average molecular weight is 642 g/mol. The van der Waals surface area contributed by atoms with Crippen LogP contribution in [0.25, 0.3) is 86.4 Å². The summed E-state index contributed by atoms with van der Waals surface area (Å²) in [4.78, 5) is 4.91. The molecule has 0 aliphatic carbocycles. The minimum atomic E-state index is 0.572. The topological polar surface area (TPSA) is 70.3 Å². The van der Waals surface area contributed by atoms with Crippen LogP contribution in [-0.4, -0.2) is 14.1 Å². The van der Waals surface area contributed by atoms with Crippen molar-refractivity contribution in [3.8, 4) is 34.6 Å². The van der Waals surface area contributed by atoms with Crippen molar-refractivity contribution in [3.63, 3.8) is 0 Å². The third-order valence-corrected chi connectivity index (χ3v) is 10.7. The molecular weight excluding hydrogens is 619 g/mol. The van der Waals surface area contributed by atoms with Crippen LogP contribution in [0.1, 0.15) is 11.1 Å². The van der Waals surface area contributed by atoms with Gasteiger partial charge in [0.2, 0.25) is 0 Å². The zero-order chi connectivity index (χ0) is 32.6. The van der Waals surface area contributed by atoms with Crippen LogP contribution >= 0.6 is 11.3 Å². The Hall–Kier alpha value is -6.73. The van der Waals surface area contributed by atoms with Gasteiger partial charge in [0.25, 0.3) is 0 Å². The van der Waals surface area contributed by atoms with Crippen molar-refractivity contribution in [2.75, 3.05) is 0 Å². The fourth-order valence-electron chi connectivity index (χ4n) is 7.53. The highest BCUT2D eigenvalue weighted by atomic mass is 32.1. The predicted octanol–water partition coefficient (Wildman–Crippen LogP) is 11.1. The average Bonchev–Trinajstić information content (AvgIpc) is 3.82. The first kappa shape index (κ1) is 27.4. The molecule has 0 saturated heterocycles. The molecule has 0 aliphatic heterocycles. The summed E-state index contributed by atoms with van der Waals surface area (Å²) in [6, 6.07) is 50.5. The number of para-hydroxylation sites is 1. The first-order valence-electron chi connectivity index (χ1n) is 16.0.